The molecule has 110 valence electrons. The molecule has 0 atom stereocenters. The molecule has 0 saturated carbocycles. The van der Waals surface area contributed by atoms with Gasteiger partial charge in [-0.3, -0.25) is 4.79 Å². The number of fused-ring (bicyclic) bond motifs is 1. The number of rotatable bonds is 2. The van der Waals surface area contributed by atoms with Crippen molar-refractivity contribution < 1.29 is 14.3 Å². The van der Waals surface area contributed by atoms with Gasteiger partial charge in [0.25, 0.3) is 0 Å². The van der Waals surface area contributed by atoms with E-state index >= 15 is 0 Å². The lowest BCUT2D eigenvalue weighted by atomic mass is 10.2. The van der Waals surface area contributed by atoms with E-state index in [1.54, 1.807) is 19.9 Å². The maximum Gasteiger partial charge on any atom is 0.343 e. The Balaban J connectivity index is 2.54. The van der Waals surface area contributed by atoms with E-state index in [4.69, 9.17) is 4.74 Å². The Labute approximate surface area is 122 Å². The van der Waals surface area contributed by atoms with Crippen LogP contribution in [0.25, 0.3) is 0 Å². The van der Waals surface area contributed by atoms with E-state index < -0.39 is 5.97 Å². The Hall–Kier alpha value is -2.63. The van der Waals surface area contributed by atoms with Crippen molar-refractivity contribution in [2.75, 3.05) is 11.9 Å². The van der Waals surface area contributed by atoms with Crippen LogP contribution in [0.2, 0.25) is 0 Å². The smallest absolute Gasteiger partial charge is 0.343 e. The molecule has 6 heteroatoms. The number of carbonyl (C=O) groups is 2. The van der Waals surface area contributed by atoms with E-state index in [0.29, 0.717) is 11.4 Å². The number of hydrogen-bond acceptors (Lipinski definition) is 5. The van der Waals surface area contributed by atoms with E-state index in [1.165, 1.54) is 6.92 Å². The van der Waals surface area contributed by atoms with Crippen molar-refractivity contribution in [1.82, 2.24) is 5.32 Å². The van der Waals surface area contributed by atoms with E-state index in [0.717, 1.165) is 5.69 Å². The van der Waals surface area contributed by atoms with E-state index in [2.05, 4.69) is 15.6 Å². The second-order valence-electron chi connectivity index (χ2n) is 4.50. The Morgan fingerprint density at radius 2 is 2.05 bits per heavy atom. The first-order valence-corrected chi connectivity index (χ1v) is 6.63. The van der Waals surface area contributed by atoms with Gasteiger partial charge >= 0.3 is 5.97 Å². The molecule has 1 aliphatic rings. The number of ether oxygens (including phenoxy) is 1. The van der Waals surface area contributed by atoms with Gasteiger partial charge in [0.15, 0.2) is 0 Å². The van der Waals surface area contributed by atoms with Crippen LogP contribution in [0.4, 0.5) is 11.4 Å². The van der Waals surface area contributed by atoms with E-state index in [9.17, 15) is 9.59 Å². The fraction of sp³-hybridized carbons (Fsp3) is 0.267. The second-order valence-corrected chi connectivity index (χ2v) is 4.50. The number of amidine groups is 1. The predicted octanol–water partition coefficient (Wildman–Crippen LogP) is 2.12. The largest absolute Gasteiger partial charge is 0.462 e. The molecule has 1 aromatic rings. The molecule has 0 radical (unpaired) electrons. The highest BCUT2D eigenvalue weighted by atomic mass is 16.5. The predicted molar refractivity (Wildman–Crippen MR) is 80.3 cm³/mol. The number of carbonyl (C=O) groups excluding carboxylic acids is 2. The summed E-state index contributed by atoms with van der Waals surface area (Å²) in [7, 11) is 0. The normalized spacial score (nSPS) is 13.6. The summed E-state index contributed by atoms with van der Waals surface area (Å²) in [5, 5.41) is 5.72. The van der Waals surface area contributed by atoms with Crippen molar-refractivity contribution in [3.05, 3.63) is 35.5 Å². The van der Waals surface area contributed by atoms with Gasteiger partial charge in [-0.05, 0) is 26.0 Å². The average molecular weight is 287 g/mol. The molecule has 1 heterocycles. The van der Waals surface area contributed by atoms with Crippen LogP contribution in [0.5, 0.6) is 0 Å². The third-order valence-corrected chi connectivity index (χ3v) is 2.84. The van der Waals surface area contributed by atoms with Gasteiger partial charge in [0, 0.05) is 12.6 Å². The molecular weight excluding hydrogens is 270 g/mol. The molecule has 2 rings (SSSR count). The Bertz CT molecular complexity index is 647. The standard InChI is InChI=1S/C15H17N3O3/c1-4-21-15(20)13-9(2)16-11-7-5-6-8-12(11)18-14(13)17-10(3)19/h5-8,16H,4H2,1-3H3,(H,17,18,19). The molecule has 0 fully saturated rings. The Morgan fingerprint density at radius 1 is 1.33 bits per heavy atom. The summed E-state index contributed by atoms with van der Waals surface area (Å²) in [5.74, 6) is -0.638. The molecule has 0 aliphatic carbocycles. The first kappa shape index (κ1) is 14.8. The molecular formula is C15H17N3O3. The van der Waals surface area contributed by atoms with Gasteiger partial charge in [-0.2, -0.15) is 0 Å². The molecule has 0 unspecified atom stereocenters. The van der Waals surface area contributed by atoms with Crippen LogP contribution < -0.4 is 10.6 Å². The van der Waals surface area contributed by atoms with Crippen molar-refractivity contribution in [2.24, 2.45) is 4.99 Å². The number of amides is 1. The maximum absolute atomic E-state index is 12.2. The Morgan fingerprint density at radius 3 is 2.71 bits per heavy atom. The number of nitrogens with zero attached hydrogens (tertiary/aromatic N) is 1. The van der Waals surface area contributed by atoms with Crippen molar-refractivity contribution >= 4 is 29.1 Å². The van der Waals surface area contributed by atoms with Crippen molar-refractivity contribution in [1.29, 1.82) is 0 Å². The van der Waals surface area contributed by atoms with Gasteiger partial charge in [0.1, 0.15) is 11.4 Å². The van der Waals surface area contributed by atoms with Crippen LogP contribution in [-0.2, 0) is 14.3 Å². The zero-order chi connectivity index (χ0) is 15.4. The monoisotopic (exact) mass is 287 g/mol. The molecule has 0 aromatic heterocycles. The van der Waals surface area contributed by atoms with Crippen LogP contribution in [-0.4, -0.2) is 24.3 Å². The molecule has 21 heavy (non-hydrogen) atoms. The van der Waals surface area contributed by atoms with Gasteiger partial charge in [-0.1, -0.05) is 12.1 Å². The third-order valence-electron chi connectivity index (χ3n) is 2.84. The average Bonchev–Trinajstić information content (AvgIpc) is 2.53. The van der Waals surface area contributed by atoms with Crippen LogP contribution in [0.3, 0.4) is 0 Å². The van der Waals surface area contributed by atoms with Crippen molar-refractivity contribution in [3.8, 4) is 0 Å². The summed E-state index contributed by atoms with van der Waals surface area (Å²) in [6, 6.07) is 7.34. The van der Waals surface area contributed by atoms with Gasteiger partial charge in [0.2, 0.25) is 5.91 Å². The molecule has 1 aliphatic heterocycles. The minimum absolute atomic E-state index is 0.191. The number of aliphatic imine (C=N–C) groups is 1. The topological polar surface area (TPSA) is 79.8 Å². The highest BCUT2D eigenvalue weighted by molar-refractivity contribution is 6.24. The highest BCUT2D eigenvalue weighted by Crippen LogP contribution is 2.30. The number of allylic oxidation sites excluding steroid dienone is 1. The summed E-state index contributed by atoms with van der Waals surface area (Å²) >= 11 is 0. The number of para-hydroxylation sites is 2. The third kappa shape index (κ3) is 3.28. The van der Waals surface area contributed by atoms with Crippen LogP contribution in [0, 0.1) is 0 Å². The van der Waals surface area contributed by atoms with Crippen LogP contribution in [0.15, 0.2) is 40.5 Å². The van der Waals surface area contributed by atoms with Crippen molar-refractivity contribution in [2.45, 2.75) is 20.8 Å². The van der Waals surface area contributed by atoms with E-state index in [1.807, 2.05) is 18.2 Å². The first-order valence-electron chi connectivity index (χ1n) is 6.63. The van der Waals surface area contributed by atoms with Crippen LogP contribution in [0.1, 0.15) is 20.8 Å². The molecule has 0 bridgehead atoms. The zero-order valence-corrected chi connectivity index (χ0v) is 12.2. The molecule has 0 saturated heterocycles. The van der Waals surface area contributed by atoms with Gasteiger partial charge < -0.3 is 15.4 Å². The lowest BCUT2D eigenvalue weighted by Crippen LogP contribution is -2.33. The quantitative estimate of drug-likeness (QED) is 0.816. The maximum atomic E-state index is 12.2. The summed E-state index contributed by atoms with van der Waals surface area (Å²) < 4.78 is 5.05. The molecule has 2 N–H and O–H groups in total. The zero-order valence-electron chi connectivity index (χ0n) is 12.2. The Kier molecular flexibility index (Phi) is 4.37. The molecule has 0 spiro atoms. The first-order chi connectivity index (χ1) is 10.0. The van der Waals surface area contributed by atoms with Crippen molar-refractivity contribution in [3.63, 3.8) is 0 Å². The fourth-order valence-corrected chi connectivity index (χ4v) is 2.01. The highest BCUT2D eigenvalue weighted by Gasteiger charge is 2.25. The minimum atomic E-state index is -0.525. The number of benzene rings is 1. The van der Waals surface area contributed by atoms with Gasteiger partial charge in [-0.25, -0.2) is 9.79 Å². The lowest BCUT2D eigenvalue weighted by molar-refractivity contribution is -0.137. The number of esters is 1. The number of nitrogens with one attached hydrogen (secondary N) is 2. The molecule has 1 aromatic carbocycles. The number of hydrogen-bond donors (Lipinski definition) is 2. The van der Waals surface area contributed by atoms with Gasteiger partial charge in [0.05, 0.1) is 18.0 Å². The summed E-state index contributed by atoms with van der Waals surface area (Å²) in [6.07, 6.45) is 0. The summed E-state index contributed by atoms with van der Waals surface area (Å²) in [5.41, 5.74) is 2.20. The molecule has 6 nitrogen and oxygen atoms in total. The van der Waals surface area contributed by atoms with Gasteiger partial charge in [-0.15, -0.1) is 0 Å². The second kappa shape index (κ2) is 6.21. The van der Waals surface area contributed by atoms with E-state index in [-0.39, 0.29) is 23.9 Å². The number of anilines is 1. The van der Waals surface area contributed by atoms with Crippen LogP contribution >= 0.6 is 0 Å². The molecule has 1 amide bonds. The lowest BCUT2D eigenvalue weighted by Gasteiger charge is -2.12. The fourth-order valence-electron chi connectivity index (χ4n) is 2.01. The summed E-state index contributed by atoms with van der Waals surface area (Å²) in [4.78, 5) is 27.9. The SMILES string of the molecule is CCOC(=O)C1=C(C)Nc2ccccc2N=C1NC(C)=O. The minimum Gasteiger partial charge on any atom is -0.462 e. The summed E-state index contributed by atoms with van der Waals surface area (Å²) in [6.45, 7) is 5.08.